The standard InChI is InChI=1S/C38H54ClN5O3/c1-37(2,3)41-36(47)38(29-14-10-7-11-15-29)20-22-44(23-21-38)35(46)31(24-27-16-18-30(39)19-17-27)40-34(45)33-26-42(4)32(25-43(33)5)28-12-8-6-9-13-28/h6,8-9,12-13,16-19,29,31-33H,7,10-11,14-15,20-26H2,1-5H3,(H,40,45)(H,41,47). The largest absolute Gasteiger partial charge is 0.351 e. The van der Waals surface area contributed by atoms with E-state index in [1.807, 2.05) is 75.2 Å². The molecule has 3 aliphatic rings. The third-order valence-electron chi connectivity index (χ3n) is 10.7. The molecular formula is C38H54ClN5O3. The summed E-state index contributed by atoms with van der Waals surface area (Å²) in [6.45, 7) is 8.37. The summed E-state index contributed by atoms with van der Waals surface area (Å²) in [5, 5.41) is 7.10. The Bertz CT molecular complexity index is 1360. The third-order valence-corrected chi connectivity index (χ3v) is 11.0. The van der Waals surface area contributed by atoms with Gasteiger partial charge in [-0.2, -0.15) is 0 Å². The molecule has 0 bridgehead atoms. The first-order valence-corrected chi connectivity index (χ1v) is 17.9. The van der Waals surface area contributed by atoms with Crippen LogP contribution in [0.3, 0.4) is 0 Å². The molecule has 2 aromatic carbocycles. The lowest BCUT2D eigenvalue weighted by atomic mass is 9.63. The molecule has 3 amide bonds. The van der Waals surface area contributed by atoms with E-state index in [0.29, 0.717) is 56.4 Å². The van der Waals surface area contributed by atoms with Gasteiger partial charge in [-0.1, -0.05) is 73.3 Å². The third kappa shape index (κ3) is 8.57. The Labute approximate surface area is 286 Å². The first-order valence-electron chi connectivity index (χ1n) is 17.5. The first-order chi connectivity index (χ1) is 22.4. The molecule has 0 radical (unpaired) electrons. The molecule has 2 aliphatic heterocycles. The lowest BCUT2D eigenvalue weighted by Gasteiger charge is -2.48. The van der Waals surface area contributed by atoms with Crippen LogP contribution in [0, 0.1) is 11.3 Å². The number of hydrogen-bond donors (Lipinski definition) is 2. The number of piperidine rings is 1. The maximum atomic E-state index is 14.3. The van der Waals surface area contributed by atoms with Gasteiger partial charge in [0.2, 0.25) is 17.7 Å². The number of piperazine rings is 1. The van der Waals surface area contributed by atoms with Gasteiger partial charge in [-0.3, -0.25) is 24.2 Å². The molecule has 1 aliphatic carbocycles. The molecule has 47 heavy (non-hydrogen) atoms. The summed E-state index contributed by atoms with van der Waals surface area (Å²) in [4.78, 5) is 48.4. The zero-order valence-corrected chi connectivity index (χ0v) is 29.7. The van der Waals surface area contributed by atoms with Crippen LogP contribution in [-0.2, 0) is 20.8 Å². The van der Waals surface area contributed by atoms with Gasteiger partial charge in [0.15, 0.2) is 0 Å². The van der Waals surface area contributed by atoms with Gasteiger partial charge in [0.1, 0.15) is 12.1 Å². The van der Waals surface area contributed by atoms with Crippen molar-refractivity contribution in [2.45, 2.75) is 95.8 Å². The van der Waals surface area contributed by atoms with Crippen LogP contribution in [-0.4, -0.2) is 90.3 Å². The molecular weight excluding hydrogens is 610 g/mol. The van der Waals surface area contributed by atoms with E-state index in [9.17, 15) is 14.4 Å². The number of benzene rings is 2. The number of carbonyl (C=O) groups is 3. The summed E-state index contributed by atoms with van der Waals surface area (Å²) < 4.78 is 0. The van der Waals surface area contributed by atoms with E-state index < -0.39 is 11.5 Å². The van der Waals surface area contributed by atoms with Gasteiger partial charge in [0.25, 0.3) is 0 Å². The number of likely N-dealkylation sites (tertiary alicyclic amines) is 1. The summed E-state index contributed by atoms with van der Waals surface area (Å²) >= 11 is 6.17. The summed E-state index contributed by atoms with van der Waals surface area (Å²) in [5.74, 6) is 0.235. The van der Waals surface area contributed by atoms with E-state index in [4.69, 9.17) is 11.6 Å². The molecule has 3 atom stereocenters. The number of hydrogen-bond acceptors (Lipinski definition) is 5. The summed E-state index contributed by atoms with van der Waals surface area (Å²) in [7, 11) is 4.05. The molecule has 0 aromatic heterocycles. The fourth-order valence-electron chi connectivity index (χ4n) is 8.01. The lowest BCUT2D eigenvalue weighted by molar-refractivity contribution is -0.147. The van der Waals surface area contributed by atoms with Crippen LogP contribution in [0.15, 0.2) is 54.6 Å². The maximum Gasteiger partial charge on any atom is 0.245 e. The topological polar surface area (TPSA) is 85.0 Å². The van der Waals surface area contributed by atoms with Crippen LogP contribution in [0.4, 0.5) is 0 Å². The molecule has 8 nitrogen and oxygen atoms in total. The number of rotatable bonds is 8. The predicted octanol–water partition coefficient (Wildman–Crippen LogP) is 5.46. The number of halogens is 1. The zero-order chi connectivity index (χ0) is 33.8. The van der Waals surface area contributed by atoms with Crippen LogP contribution in [0.1, 0.15) is 82.9 Å². The van der Waals surface area contributed by atoms with Crippen LogP contribution in [0.5, 0.6) is 0 Å². The highest BCUT2D eigenvalue weighted by Gasteiger charge is 2.49. The van der Waals surface area contributed by atoms with E-state index in [1.54, 1.807) is 0 Å². The van der Waals surface area contributed by atoms with Crippen LogP contribution < -0.4 is 10.6 Å². The Hall–Kier alpha value is -2.94. The minimum absolute atomic E-state index is 0.0873. The number of nitrogens with one attached hydrogen (secondary N) is 2. The molecule has 5 rings (SSSR count). The van der Waals surface area contributed by atoms with Gasteiger partial charge in [-0.15, -0.1) is 0 Å². The average Bonchev–Trinajstić information content (AvgIpc) is 3.06. The molecule has 2 N–H and O–H groups in total. The summed E-state index contributed by atoms with van der Waals surface area (Å²) in [6.07, 6.45) is 7.32. The smallest absolute Gasteiger partial charge is 0.245 e. The monoisotopic (exact) mass is 663 g/mol. The lowest BCUT2D eigenvalue weighted by Crippen LogP contribution is -2.62. The van der Waals surface area contributed by atoms with E-state index in [0.717, 1.165) is 31.2 Å². The first kappa shape index (κ1) is 35.4. The van der Waals surface area contributed by atoms with E-state index in [-0.39, 0.29) is 35.3 Å². The van der Waals surface area contributed by atoms with Crippen molar-refractivity contribution in [2.24, 2.45) is 11.3 Å². The maximum absolute atomic E-state index is 14.3. The molecule has 3 unspecified atom stereocenters. The van der Waals surface area contributed by atoms with E-state index in [1.165, 1.54) is 12.0 Å². The quantitative estimate of drug-likeness (QED) is 0.392. The number of likely N-dealkylation sites (N-methyl/N-ethyl adjacent to an activating group) is 2. The second-order valence-electron chi connectivity index (χ2n) is 15.2. The van der Waals surface area contributed by atoms with Gasteiger partial charge < -0.3 is 15.5 Å². The zero-order valence-electron chi connectivity index (χ0n) is 28.9. The van der Waals surface area contributed by atoms with Crippen molar-refractivity contribution in [1.82, 2.24) is 25.3 Å². The van der Waals surface area contributed by atoms with E-state index in [2.05, 4.69) is 39.6 Å². The number of nitrogens with zero attached hydrogens (tertiary/aromatic N) is 3. The van der Waals surface area contributed by atoms with Gasteiger partial charge in [-0.25, -0.2) is 0 Å². The summed E-state index contributed by atoms with van der Waals surface area (Å²) in [5.41, 5.74) is 1.37. The van der Waals surface area contributed by atoms with Crippen molar-refractivity contribution in [3.63, 3.8) is 0 Å². The summed E-state index contributed by atoms with van der Waals surface area (Å²) in [6, 6.07) is 16.9. The number of carbonyl (C=O) groups excluding carboxylic acids is 3. The minimum Gasteiger partial charge on any atom is -0.351 e. The van der Waals surface area contributed by atoms with Crippen molar-refractivity contribution in [3.05, 3.63) is 70.7 Å². The van der Waals surface area contributed by atoms with Crippen molar-refractivity contribution in [2.75, 3.05) is 40.3 Å². The fourth-order valence-corrected chi connectivity index (χ4v) is 8.13. The van der Waals surface area contributed by atoms with Crippen LogP contribution in [0.25, 0.3) is 0 Å². The van der Waals surface area contributed by atoms with Crippen molar-refractivity contribution >= 4 is 29.3 Å². The van der Waals surface area contributed by atoms with Gasteiger partial charge >= 0.3 is 0 Å². The Morgan fingerprint density at radius 2 is 1.53 bits per heavy atom. The second kappa shape index (κ2) is 15.1. The Morgan fingerprint density at radius 1 is 0.894 bits per heavy atom. The molecule has 256 valence electrons. The second-order valence-corrected chi connectivity index (χ2v) is 15.7. The van der Waals surface area contributed by atoms with Gasteiger partial charge in [0.05, 0.1) is 5.41 Å². The van der Waals surface area contributed by atoms with Crippen LogP contribution >= 0.6 is 11.6 Å². The SMILES string of the molecule is CN1CC(c2ccccc2)N(C)CC1C(=O)NC(Cc1ccc(Cl)cc1)C(=O)N1CCC(C(=O)NC(C)(C)C)(C2CCCCC2)CC1. The Kier molecular flexibility index (Phi) is 11.4. The molecule has 2 saturated heterocycles. The highest BCUT2D eigenvalue weighted by molar-refractivity contribution is 6.30. The highest BCUT2D eigenvalue weighted by atomic mass is 35.5. The highest BCUT2D eigenvalue weighted by Crippen LogP contribution is 2.46. The molecule has 1 saturated carbocycles. The Balaban J connectivity index is 1.31. The minimum atomic E-state index is -0.722. The molecule has 9 heteroatoms. The van der Waals surface area contributed by atoms with Gasteiger partial charge in [0, 0.05) is 49.2 Å². The van der Waals surface area contributed by atoms with Crippen molar-refractivity contribution < 1.29 is 14.4 Å². The average molecular weight is 664 g/mol. The molecule has 2 heterocycles. The van der Waals surface area contributed by atoms with Gasteiger partial charge in [-0.05, 0) is 89.7 Å². The molecule has 0 spiro atoms. The van der Waals surface area contributed by atoms with Crippen molar-refractivity contribution in [3.8, 4) is 0 Å². The predicted molar refractivity (Wildman–Crippen MR) is 188 cm³/mol. The molecule has 2 aromatic rings. The fraction of sp³-hybridized carbons (Fsp3) is 0.605. The van der Waals surface area contributed by atoms with E-state index >= 15 is 0 Å². The molecule has 3 fully saturated rings. The Morgan fingerprint density at radius 3 is 2.15 bits per heavy atom. The van der Waals surface area contributed by atoms with Crippen LogP contribution in [0.2, 0.25) is 5.02 Å². The van der Waals surface area contributed by atoms with Crippen molar-refractivity contribution in [1.29, 1.82) is 0 Å². The normalized spacial score (nSPS) is 23.6. The number of amides is 3.